The maximum absolute atomic E-state index is 5.90. The molecule has 1 atom stereocenters. The van der Waals surface area contributed by atoms with Crippen molar-refractivity contribution in [3.8, 4) is 11.4 Å². The summed E-state index contributed by atoms with van der Waals surface area (Å²) in [7, 11) is 0. The van der Waals surface area contributed by atoms with Gasteiger partial charge in [-0.3, -0.25) is 4.90 Å². The number of aromatic nitrogens is 2. The average Bonchev–Trinajstić information content (AvgIpc) is 3.36. The predicted octanol–water partition coefficient (Wildman–Crippen LogP) is 6.78. The van der Waals surface area contributed by atoms with E-state index in [0.717, 1.165) is 34.5 Å². The highest BCUT2D eigenvalue weighted by atomic mass is 32.1. The summed E-state index contributed by atoms with van der Waals surface area (Å²) >= 11 is 5.90. The van der Waals surface area contributed by atoms with E-state index in [0.29, 0.717) is 16.8 Å². The predicted molar refractivity (Wildman–Crippen MR) is 145 cm³/mol. The number of rotatable bonds is 5. The molecule has 1 aromatic heterocycles. The van der Waals surface area contributed by atoms with Gasteiger partial charge in [0.15, 0.2) is 5.11 Å². The molecule has 6 heteroatoms. The van der Waals surface area contributed by atoms with Gasteiger partial charge in [-0.05, 0) is 73.8 Å². The van der Waals surface area contributed by atoms with E-state index in [4.69, 9.17) is 21.7 Å². The van der Waals surface area contributed by atoms with Crippen LogP contribution in [0.2, 0.25) is 0 Å². The molecule has 0 bridgehead atoms. The van der Waals surface area contributed by atoms with Gasteiger partial charge in [-0.1, -0.05) is 72.7 Å². The molecule has 5 rings (SSSR count). The molecule has 0 amide bonds. The van der Waals surface area contributed by atoms with Crippen molar-refractivity contribution >= 4 is 28.6 Å². The lowest BCUT2D eigenvalue weighted by atomic mass is 9.92. The number of nitrogens with one attached hydrogen (secondary N) is 1. The van der Waals surface area contributed by atoms with Crippen molar-refractivity contribution in [2.45, 2.75) is 40.2 Å². The molecule has 0 radical (unpaired) electrons. The van der Waals surface area contributed by atoms with Crippen molar-refractivity contribution < 1.29 is 4.52 Å². The van der Waals surface area contributed by atoms with Gasteiger partial charge >= 0.3 is 0 Å². The molecule has 0 spiro atoms. The van der Waals surface area contributed by atoms with Gasteiger partial charge in [-0.25, -0.2) is 0 Å². The summed E-state index contributed by atoms with van der Waals surface area (Å²) in [5.41, 5.74) is 8.63. The van der Waals surface area contributed by atoms with Crippen LogP contribution in [0.15, 0.2) is 83.0 Å². The van der Waals surface area contributed by atoms with Crippen LogP contribution in [-0.2, 0) is 6.42 Å². The van der Waals surface area contributed by atoms with E-state index in [1.165, 1.54) is 16.7 Å². The number of allylic oxidation sites excluding steroid dienone is 1. The number of thiocarbonyl (C=S) groups is 1. The number of anilines is 1. The van der Waals surface area contributed by atoms with Crippen LogP contribution in [0.25, 0.3) is 17.0 Å². The van der Waals surface area contributed by atoms with Crippen molar-refractivity contribution in [2.24, 2.45) is 0 Å². The maximum Gasteiger partial charge on any atom is 0.258 e. The summed E-state index contributed by atoms with van der Waals surface area (Å²) in [6.45, 7) is 8.46. The molecule has 35 heavy (non-hydrogen) atoms. The van der Waals surface area contributed by atoms with Crippen LogP contribution < -0.4 is 10.2 Å². The van der Waals surface area contributed by atoms with E-state index in [2.05, 4.69) is 85.5 Å². The summed E-state index contributed by atoms with van der Waals surface area (Å²) in [5, 5.41) is 8.51. The number of hydrogen-bond acceptors (Lipinski definition) is 4. The molecule has 1 N–H and O–H groups in total. The Balaban J connectivity index is 1.67. The first-order valence-electron chi connectivity index (χ1n) is 11.8. The Bertz CT molecular complexity index is 1420. The van der Waals surface area contributed by atoms with E-state index in [-0.39, 0.29) is 6.04 Å². The Hall–Kier alpha value is -3.77. The molecule has 4 aromatic rings. The number of hydrogen-bond donors (Lipinski definition) is 1. The minimum atomic E-state index is -0.212. The molecule has 176 valence electrons. The zero-order valence-corrected chi connectivity index (χ0v) is 21.2. The third kappa shape index (κ3) is 4.37. The largest absolute Gasteiger partial charge is 0.351 e. The highest BCUT2D eigenvalue weighted by molar-refractivity contribution is 7.80. The molecule has 0 saturated heterocycles. The van der Waals surface area contributed by atoms with Crippen molar-refractivity contribution in [3.63, 3.8) is 0 Å². The van der Waals surface area contributed by atoms with Gasteiger partial charge in [0.2, 0.25) is 5.82 Å². The van der Waals surface area contributed by atoms with E-state index in [1.807, 2.05) is 30.3 Å². The Morgan fingerprint density at radius 1 is 0.943 bits per heavy atom. The van der Waals surface area contributed by atoms with Crippen LogP contribution in [0, 0.1) is 13.8 Å². The first-order chi connectivity index (χ1) is 17.0. The first kappa shape index (κ1) is 23.0. The fraction of sp³-hybridized carbons (Fsp3) is 0.207. The molecule has 0 fully saturated rings. The Kier molecular flexibility index (Phi) is 6.22. The van der Waals surface area contributed by atoms with Crippen molar-refractivity contribution in [1.82, 2.24) is 15.5 Å². The number of nitrogens with zero attached hydrogens (tertiary/aromatic N) is 3. The summed E-state index contributed by atoms with van der Waals surface area (Å²) < 4.78 is 5.87. The van der Waals surface area contributed by atoms with Crippen LogP contribution in [0.4, 0.5) is 5.69 Å². The first-order valence-corrected chi connectivity index (χ1v) is 12.2. The second kappa shape index (κ2) is 9.47. The number of benzene rings is 3. The van der Waals surface area contributed by atoms with Crippen molar-refractivity contribution in [2.75, 3.05) is 4.90 Å². The Labute approximate surface area is 211 Å². The molecule has 2 heterocycles. The lowest BCUT2D eigenvalue weighted by Gasteiger charge is -2.37. The highest BCUT2D eigenvalue weighted by Gasteiger charge is 2.35. The van der Waals surface area contributed by atoms with Crippen LogP contribution in [-0.4, -0.2) is 15.3 Å². The summed E-state index contributed by atoms with van der Waals surface area (Å²) in [4.78, 5) is 6.87. The lowest BCUT2D eigenvalue weighted by Crippen LogP contribution is -2.46. The van der Waals surface area contributed by atoms with E-state index in [9.17, 15) is 0 Å². The van der Waals surface area contributed by atoms with Crippen LogP contribution in [0.3, 0.4) is 0 Å². The third-order valence-corrected chi connectivity index (χ3v) is 6.91. The highest BCUT2D eigenvalue weighted by Crippen LogP contribution is 2.39. The van der Waals surface area contributed by atoms with Gasteiger partial charge < -0.3 is 9.84 Å². The maximum atomic E-state index is 5.90. The SMILES string of the molecule is CCc1cccc(N2C(=S)NC(c3ccc(C)c(C)c3)C(c3nc(-c4ccccc4)no3)=C2C)c1. The van der Waals surface area contributed by atoms with Crippen molar-refractivity contribution in [3.05, 3.63) is 107 Å². The van der Waals surface area contributed by atoms with Gasteiger partial charge in [0.1, 0.15) is 0 Å². The van der Waals surface area contributed by atoms with Gasteiger partial charge in [-0.2, -0.15) is 4.98 Å². The summed E-state index contributed by atoms with van der Waals surface area (Å²) in [5.74, 6) is 1.05. The molecule has 3 aromatic carbocycles. The lowest BCUT2D eigenvalue weighted by molar-refractivity contribution is 0.404. The van der Waals surface area contributed by atoms with Crippen molar-refractivity contribution in [1.29, 1.82) is 0 Å². The minimum absolute atomic E-state index is 0.212. The van der Waals surface area contributed by atoms with Crippen LogP contribution >= 0.6 is 12.2 Å². The van der Waals surface area contributed by atoms with Gasteiger partial charge in [0.25, 0.3) is 5.89 Å². The zero-order chi connectivity index (χ0) is 24.5. The van der Waals surface area contributed by atoms with E-state index >= 15 is 0 Å². The second-order valence-corrected chi connectivity index (χ2v) is 9.26. The summed E-state index contributed by atoms with van der Waals surface area (Å²) in [6.07, 6.45) is 0.951. The van der Waals surface area contributed by atoms with Crippen LogP contribution in [0.5, 0.6) is 0 Å². The third-order valence-electron chi connectivity index (χ3n) is 6.61. The Morgan fingerprint density at radius 2 is 1.74 bits per heavy atom. The van der Waals surface area contributed by atoms with Gasteiger partial charge in [0, 0.05) is 16.9 Å². The van der Waals surface area contributed by atoms with Crippen LogP contribution in [0.1, 0.15) is 48.0 Å². The normalized spacial score (nSPS) is 15.9. The minimum Gasteiger partial charge on any atom is -0.351 e. The molecular weight excluding hydrogens is 452 g/mol. The van der Waals surface area contributed by atoms with E-state index < -0.39 is 0 Å². The number of aryl methyl sites for hydroxylation is 3. The Morgan fingerprint density at radius 3 is 2.49 bits per heavy atom. The fourth-order valence-electron chi connectivity index (χ4n) is 4.48. The average molecular weight is 481 g/mol. The summed E-state index contributed by atoms with van der Waals surface area (Å²) in [6, 6.07) is 24.6. The van der Waals surface area contributed by atoms with E-state index in [1.54, 1.807) is 0 Å². The van der Waals surface area contributed by atoms with Gasteiger partial charge in [0.05, 0.1) is 11.6 Å². The monoisotopic (exact) mass is 480 g/mol. The molecule has 1 aliphatic heterocycles. The molecule has 0 aliphatic carbocycles. The standard InChI is InChI=1S/C29H28N4OS/c1-5-21-10-9-13-24(17-21)33-20(4)25(28-31-27(32-34-28)22-11-7-6-8-12-22)26(30-29(33)35)23-15-14-18(2)19(3)16-23/h6-17,26H,5H2,1-4H3,(H,30,35). The topological polar surface area (TPSA) is 54.2 Å². The molecule has 1 unspecified atom stereocenters. The molecule has 0 saturated carbocycles. The molecular formula is C29H28N4OS. The second-order valence-electron chi connectivity index (χ2n) is 8.87. The molecule has 5 nitrogen and oxygen atoms in total. The quantitative estimate of drug-likeness (QED) is 0.318. The zero-order valence-electron chi connectivity index (χ0n) is 20.4. The van der Waals surface area contributed by atoms with Gasteiger partial charge in [-0.15, -0.1) is 0 Å². The fourth-order valence-corrected chi connectivity index (χ4v) is 4.84. The smallest absolute Gasteiger partial charge is 0.258 e. The molecule has 1 aliphatic rings.